The molecule has 2 aromatic rings. The van der Waals surface area contributed by atoms with E-state index in [9.17, 15) is 0 Å². The first-order chi connectivity index (χ1) is 8.97. The molecule has 4 heteroatoms. The Morgan fingerprint density at radius 1 is 1.05 bits per heavy atom. The number of rotatable bonds is 3. The Bertz CT molecular complexity index is 588. The number of hydrogen-bond donors (Lipinski definition) is 1. The minimum Gasteiger partial charge on any atom is -0.488 e. The molecule has 0 radical (unpaired) electrons. The predicted molar refractivity (Wildman–Crippen MR) is 81.1 cm³/mol. The summed E-state index contributed by atoms with van der Waals surface area (Å²) in [7, 11) is 0. The Balaban J connectivity index is 2.19. The molecular weight excluding hydrogens is 281 g/mol. The minimum absolute atomic E-state index is 0.405. The summed E-state index contributed by atoms with van der Waals surface area (Å²) in [5.74, 6) is 0.845. The first-order valence-corrected chi connectivity index (χ1v) is 6.66. The smallest absolute Gasteiger partial charge is 0.125 e. The Kier molecular flexibility index (Phi) is 4.23. The standard InChI is InChI=1S/C15H15Cl2NO/c1-9-5-12(16)6-10(2)15(9)19-8-11-3-4-13(18)7-14(11)17/h3-7H,8,18H2,1-2H3. The van der Waals surface area contributed by atoms with Crippen LogP contribution >= 0.6 is 23.2 Å². The van der Waals surface area contributed by atoms with Crippen LogP contribution in [0.15, 0.2) is 30.3 Å². The Morgan fingerprint density at radius 3 is 2.26 bits per heavy atom. The van der Waals surface area contributed by atoms with E-state index in [4.69, 9.17) is 33.7 Å². The lowest BCUT2D eigenvalue weighted by Gasteiger charge is -2.13. The number of nitrogens with two attached hydrogens (primary N) is 1. The SMILES string of the molecule is Cc1cc(Cl)cc(C)c1OCc1ccc(N)cc1Cl. The summed E-state index contributed by atoms with van der Waals surface area (Å²) in [6.07, 6.45) is 0. The highest BCUT2D eigenvalue weighted by molar-refractivity contribution is 6.31. The molecule has 0 saturated heterocycles. The molecule has 0 aliphatic rings. The van der Waals surface area contributed by atoms with Crippen LogP contribution in [0.25, 0.3) is 0 Å². The maximum Gasteiger partial charge on any atom is 0.125 e. The number of aryl methyl sites for hydroxylation is 2. The molecule has 2 rings (SSSR count). The molecule has 0 bridgehead atoms. The van der Waals surface area contributed by atoms with Crippen LogP contribution in [-0.2, 0) is 6.61 Å². The van der Waals surface area contributed by atoms with E-state index >= 15 is 0 Å². The van der Waals surface area contributed by atoms with Crippen LogP contribution in [0.5, 0.6) is 5.75 Å². The van der Waals surface area contributed by atoms with Crippen molar-refractivity contribution in [1.82, 2.24) is 0 Å². The van der Waals surface area contributed by atoms with Crippen molar-refractivity contribution in [2.45, 2.75) is 20.5 Å². The summed E-state index contributed by atoms with van der Waals surface area (Å²) < 4.78 is 5.85. The molecule has 0 aromatic heterocycles. The highest BCUT2D eigenvalue weighted by Gasteiger charge is 2.07. The molecule has 100 valence electrons. The average molecular weight is 296 g/mol. The molecule has 0 spiro atoms. The van der Waals surface area contributed by atoms with Gasteiger partial charge in [0.2, 0.25) is 0 Å². The Hall–Kier alpha value is -1.38. The average Bonchev–Trinajstić information content (AvgIpc) is 2.30. The van der Waals surface area contributed by atoms with Crippen LogP contribution in [0.4, 0.5) is 5.69 Å². The van der Waals surface area contributed by atoms with Gasteiger partial charge in [-0.2, -0.15) is 0 Å². The van der Waals surface area contributed by atoms with Gasteiger partial charge in [-0.25, -0.2) is 0 Å². The Labute approximate surface area is 123 Å². The zero-order valence-corrected chi connectivity index (χ0v) is 12.3. The van der Waals surface area contributed by atoms with Crippen molar-refractivity contribution in [2.75, 3.05) is 5.73 Å². The molecule has 0 atom stereocenters. The topological polar surface area (TPSA) is 35.2 Å². The van der Waals surface area contributed by atoms with Crippen LogP contribution in [0, 0.1) is 13.8 Å². The van der Waals surface area contributed by atoms with Crippen LogP contribution in [0.3, 0.4) is 0 Å². The lowest BCUT2D eigenvalue weighted by molar-refractivity contribution is 0.302. The third-order valence-electron chi connectivity index (χ3n) is 2.87. The molecule has 2 N–H and O–H groups in total. The molecule has 0 amide bonds. The fraction of sp³-hybridized carbons (Fsp3) is 0.200. The largest absolute Gasteiger partial charge is 0.488 e. The van der Waals surface area contributed by atoms with Crippen molar-refractivity contribution < 1.29 is 4.74 Å². The summed E-state index contributed by atoms with van der Waals surface area (Å²) in [5.41, 5.74) is 9.23. The summed E-state index contributed by atoms with van der Waals surface area (Å²) >= 11 is 12.1. The number of hydrogen-bond acceptors (Lipinski definition) is 2. The molecule has 0 fully saturated rings. The molecule has 2 nitrogen and oxygen atoms in total. The summed E-state index contributed by atoms with van der Waals surface area (Å²) in [4.78, 5) is 0. The lowest BCUT2D eigenvalue weighted by atomic mass is 10.1. The third-order valence-corrected chi connectivity index (χ3v) is 3.44. The predicted octanol–water partition coefficient (Wildman–Crippen LogP) is 4.77. The van der Waals surface area contributed by atoms with Crippen LogP contribution in [0.1, 0.15) is 16.7 Å². The molecule has 0 unspecified atom stereocenters. The van der Waals surface area contributed by atoms with Crippen molar-refractivity contribution >= 4 is 28.9 Å². The number of anilines is 1. The van der Waals surface area contributed by atoms with Gasteiger partial charge in [-0.1, -0.05) is 29.3 Å². The van der Waals surface area contributed by atoms with E-state index < -0.39 is 0 Å². The number of ether oxygens (including phenoxy) is 1. The normalized spacial score (nSPS) is 10.5. The van der Waals surface area contributed by atoms with Crippen molar-refractivity contribution in [3.63, 3.8) is 0 Å². The monoisotopic (exact) mass is 295 g/mol. The molecule has 0 aliphatic heterocycles. The quantitative estimate of drug-likeness (QED) is 0.828. The van der Waals surface area contributed by atoms with Gasteiger partial charge in [0.15, 0.2) is 0 Å². The minimum atomic E-state index is 0.405. The maximum absolute atomic E-state index is 6.12. The van der Waals surface area contributed by atoms with Gasteiger partial charge in [0.25, 0.3) is 0 Å². The first-order valence-electron chi connectivity index (χ1n) is 5.91. The van der Waals surface area contributed by atoms with Gasteiger partial charge in [-0.3, -0.25) is 0 Å². The van der Waals surface area contributed by atoms with Gasteiger partial charge in [-0.05, 0) is 49.2 Å². The van der Waals surface area contributed by atoms with E-state index in [2.05, 4.69) is 0 Å². The third kappa shape index (κ3) is 3.34. The number of benzene rings is 2. The van der Waals surface area contributed by atoms with Gasteiger partial charge in [0.05, 0.1) is 0 Å². The van der Waals surface area contributed by atoms with Crippen molar-refractivity contribution in [3.05, 3.63) is 57.1 Å². The Morgan fingerprint density at radius 2 is 1.68 bits per heavy atom. The van der Waals surface area contributed by atoms with Gasteiger partial charge in [-0.15, -0.1) is 0 Å². The fourth-order valence-corrected chi connectivity index (χ4v) is 2.53. The highest BCUT2D eigenvalue weighted by atomic mass is 35.5. The second-order valence-electron chi connectivity index (χ2n) is 4.51. The van der Waals surface area contributed by atoms with Crippen LogP contribution < -0.4 is 10.5 Å². The summed E-state index contributed by atoms with van der Waals surface area (Å²) in [6, 6.07) is 9.18. The number of nitrogen functional groups attached to an aromatic ring is 1. The molecule has 0 saturated carbocycles. The zero-order valence-electron chi connectivity index (χ0n) is 10.8. The molecule has 19 heavy (non-hydrogen) atoms. The molecule has 0 aliphatic carbocycles. The van der Waals surface area contributed by atoms with Gasteiger partial charge in [0.1, 0.15) is 12.4 Å². The van der Waals surface area contributed by atoms with E-state index in [1.54, 1.807) is 6.07 Å². The van der Waals surface area contributed by atoms with Crippen LogP contribution in [-0.4, -0.2) is 0 Å². The van der Waals surface area contributed by atoms with E-state index in [1.807, 2.05) is 38.1 Å². The van der Waals surface area contributed by atoms with E-state index in [0.717, 1.165) is 22.4 Å². The summed E-state index contributed by atoms with van der Waals surface area (Å²) in [6.45, 7) is 4.35. The maximum atomic E-state index is 6.12. The van der Waals surface area contributed by atoms with Crippen LogP contribution in [0.2, 0.25) is 10.0 Å². The molecule has 0 heterocycles. The first kappa shape index (κ1) is 14.0. The van der Waals surface area contributed by atoms with E-state index in [0.29, 0.717) is 22.3 Å². The second-order valence-corrected chi connectivity index (χ2v) is 5.35. The van der Waals surface area contributed by atoms with Gasteiger partial charge < -0.3 is 10.5 Å². The van der Waals surface area contributed by atoms with Crippen molar-refractivity contribution in [1.29, 1.82) is 0 Å². The van der Waals surface area contributed by atoms with Crippen molar-refractivity contribution in [2.24, 2.45) is 0 Å². The second kappa shape index (κ2) is 5.72. The van der Waals surface area contributed by atoms with Gasteiger partial charge >= 0.3 is 0 Å². The highest BCUT2D eigenvalue weighted by Crippen LogP contribution is 2.29. The summed E-state index contributed by atoms with van der Waals surface area (Å²) in [5, 5.41) is 1.33. The zero-order chi connectivity index (χ0) is 14.0. The fourth-order valence-electron chi connectivity index (χ4n) is 1.96. The van der Waals surface area contributed by atoms with Crippen molar-refractivity contribution in [3.8, 4) is 5.75 Å². The molecule has 2 aromatic carbocycles. The number of halogens is 2. The lowest BCUT2D eigenvalue weighted by Crippen LogP contribution is -2.00. The van der Waals surface area contributed by atoms with E-state index in [1.165, 1.54) is 0 Å². The molecular formula is C15H15Cl2NO. The van der Waals surface area contributed by atoms with E-state index in [-0.39, 0.29) is 0 Å². The van der Waals surface area contributed by atoms with Gasteiger partial charge in [0, 0.05) is 21.3 Å².